The van der Waals surface area contributed by atoms with Crippen molar-refractivity contribution in [2.24, 2.45) is 17.8 Å². The molecule has 0 N–H and O–H groups in total. The van der Waals surface area contributed by atoms with Crippen LogP contribution in [0.15, 0.2) is 48.5 Å². The average molecular weight is 738 g/mol. The summed E-state index contributed by atoms with van der Waals surface area (Å²) < 4.78 is 23.5. The molecule has 2 aliphatic rings. The molecule has 0 saturated heterocycles. The summed E-state index contributed by atoms with van der Waals surface area (Å²) in [5, 5.41) is 1.43. The number of carbonyl (C=O) groups is 4. The second-order valence-corrected chi connectivity index (χ2v) is 13.5. The summed E-state index contributed by atoms with van der Waals surface area (Å²) >= 11 is 12.0. The molecule has 0 aliphatic heterocycles. The molecule has 11 heteroatoms. The molecule has 2 aromatic carbocycles. The zero-order valence-corrected chi connectivity index (χ0v) is 31.6. The fraction of sp³-hybridized carbons (Fsp3) is 0.590. The Hall–Kier alpha value is -2.66. The molecule has 9 nitrogen and oxygen atoms in total. The van der Waals surface area contributed by atoms with Crippen molar-refractivity contribution in [3.63, 3.8) is 0 Å². The Morgan fingerprint density at radius 3 is 1.64 bits per heavy atom. The van der Waals surface area contributed by atoms with Gasteiger partial charge in [-0.15, -0.1) is 0 Å². The van der Waals surface area contributed by atoms with Gasteiger partial charge in [0.15, 0.2) is 5.78 Å². The first-order valence-electron chi connectivity index (χ1n) is 17.4. The van der Waals surface area contributed by atoms with Crippen molar-refractivity contribution >= 4 is 46.5 Å². The molecule has 4 rings (SSSR count). The van der Waals surface area contributed by atoms with Crippen molar-refractivity contribution in [2.45, 2.75) is 96.1 Å². The van der Waals surface area contributed by atoms with E-state index in [1.54, 1.807) is 0 Å². The number of ketones is 3. The van der Waals surface area contributed by atoms with E-state index < -0.39 is 24.5 Å². The first-order chi connectivity index (χ1) is 24.1. The fourth-order valence-corrected chi connectivity index (χ4v) is 6.80. The normalized spacial score (nSPS) is 19.9. The van der Waals surface area contributed by atoms with Gasteiger partial charge < -0.3 is 23.7 Å². The average Bonchev–Trinajstić information content (AvgIpc) is 3.09. The summed E-state index contributed by atoms with van der Waals surface area (Å²) in [4.78, 5) is 48.1. The highest BCUT2D eigenvalue weighted by Crippen LogP contribution is 2.29. The van der Waals surface area contributed by atoms with Crippen molar-refractivity contribution in [1.29, 1.82) is 0 Å². The van der Waals surface area contributed by atoms with Gasteiger partial charge in [-0.2, -0.15) is 0 Å². The topological polar surface area (TPSA) is 114 Å². The number of benzene rings is 2. The molecule has 0 spiro atoms. The number of Topliss-reactive ketones (excluding diaryl/α,β-unsaturated/α-hetero) is 3. The molecule has 2 aromatic rings. The number of methoxy groups -OCH3 is 5. The van der Waals surface area contributed by atoms with Crippen LogP contribution in [-0.4, -0.2) is 71.4 Å². The largest absolute Gasteiger partial charge is 0.465 e. The number of carbonyl (C=O) groups excluding carboxylic acids is 4. The Balaban J connectivity index is 0.000000289. The van der Waals surface area contributed by atoms with Crippen LogP contribution < -0.4 is 0 Å². The Morgan fingerprint density at radius 1 is 0.660 bits per heavy atom. The number of hydrogen-bond acceptors (Lipinski definition) is 9. The second kappa shape index (κ2) is 24.5. The van der Waals surface area contributed by atoms with E-state index in [9.17, 15) is 19.2 Å². The van der Waals surface area contributed by atoms with Crippen LogP contribution in [0.1, 0.15) is 81.8 Å². The molecule has 2 aliphatic carbocycles. The lowest BCUT2D eigenvalue weighted by Crippen LogP contribution is -2.39. The highest BCUT2D eigenvalue weighted by molar-refractivity contribution is 6.30. The van der Waals surface area contributed by atoms with E-state index in [0.717, 1.165) is 62.0 Å². The van der Waals surface area contributed by atoms with Crippen molar-refractivity contribution in [2.75, 3.05) is 35.5 Å². The molecule has 2 fully saturated rings. The molecule has 3 atom stereocenters. The van der Waals surface area contributed by atoms with E-state index in [0.29, 0.717) is 23.6 Å². The maximum absolute atomic E-state index is 13.0. The Morgan fingerprint density at radius 2 is 1.14 bits per heavy atom. The summed E-state index contributed by atoms with van der Waals surface area (Å²) in [5.74, 6) is -0.910. The molecule has 0 amide bonds. The van der Waals surface area contributed by atoms with Crippen LogP contribution in [-0.2, 0) is 55.7 Å². The van der Waals surface area contributed by atoms with Crippen molar-refractivity contribution in [3.05, 3.63) is 69.7 Å². The third kappa shape index (κ3) is 15.3. The van der Waals surface area contributed by atoms with Crippen LogP contribution >= 0.6 is 23.2 Å². The number of hydrogen-bond donors (Lipinski definition) is 0. The molecule has 0 heterocycles. The smallest absolute Gasteiger partial charge is 0.363 e. The minimum absolute atomic E-state index is 0.0128. The Kier molecular flexibility index (Phi) is 21.3. The highest BCUT2D eigenvalue weighted by atomic mass is 35.5. The van der Waals surface area contributed by atoms with Gasteiger partial charge in [-0.05, 0) is 73.9 Å². The lowest BCUT2D eigenvalue weighted by Gasteiger charge is -2.26. The van der Waals surface area contributed by atoms with Crippen molar-refractivity contribution in [1.82, 2.24) is 0 Å². The van der Waals surface area contributed by atoms with Crippen LogP contribution in [0.3, 0.4) is 0 Å². The molecule has 50 heavy (non-hydrogen) atoms. The van der Waals surface area contributed by atoms with Gasteiger partial charge in [0.25, 0.3) is 6.29 Å². The molecule has 2 saturated carbocycles. The quantitative estimate of drug-likeness (QED) is 0.128. The standard InChI is InChI=1S/C19H25ClO4.C15H19ClO.C5H10O4/c1-23-19(24-2)18(22)16-10-5-3-4-8-14(17(16)21)11-13-7-6-9-15(20)12-13;16-14-8-5-6-12(11-14)10-13-7-3-1-2-4-9-15(13)17;1-7-4(6)5(8-2)9-3/h6-7,9,12,14,16,19H,3-5,8,10-11H2,1-2H3;5-6,8,11,13H,1-4,7,9-10H2;5H,1-3H3. The number of esters is 1. The molecule has 0 aromatic heterocycles. The maximum atomic E-state index is 13.0. The van der Waals surface area contributed by atoms with Gasteiger partial charge in [0.1, 0.15) is 11.6 Å². The summed E-state index contributed by atoms with van der Waals surface area (Å²) in [5.41, 5.74) is 2.22. The maximum Gasteiger partial charge on any atom is 0.363 e. The molecular weight excluding hydrogens is 683 g/mol. The minimum Gasteiger partial charge on any atom is -0.465 e. The van der Waals surface area contributed by atoms with Gasteiger partial charge >= 0.3 is 5.97 Å². The number of halogens is 2. The lowest BCUT2D eigenvalue weighted by atomic mass is 9.78. The zero-order valence-electron chi connectivity index (χ0n) is 30.1. The van der Waals surface area contributed by atoms with E-state index in [1.165, 1.54) is 60.4 Å². The first-order valence-corrected chi connectivity index (χ1v) is 18.1. The van der Waals surface area contributed by atoms with Crippen LogP contribution in [0, 0.1) is 17.8 Å². The monoisotopic (exact) mass is 736 g/mol. The summed E-state index contributed by atoms with van der Waals surface area (Å²) in [6.07, 6.45) is 10.5. The fourth-order valence-electron chi connectivity index (χ4n) is 6.37. The zero-order chi connectivity index (χ0) is 36.9. The van der Waals surface area contributed by atoms with Gasteiger partial charge in [-0.3, -0.25) is 14.4 Å². The van der Waals surface area contributed by atoms with E-state index in [4.69, 9.17) is 32.7 Å². The van der Waals surface area contributed by atoms with Crippen molar-refractivity contribution in [3.8, 4) is 0 Å². The number of rotatable bonds is 11. The van der Waals surface area contributed by atoms with Crippen molar-refractivity contribution < 1.29 is 42.9 Å². The molecule has 278 valence electrons. The van der Waals surface area contributed by atoms with Gasteiger partial charge in [-0.1, -0.05) is 86.0 Å². The molecule has 3 unspecified atom stereocenters. The second-order valence-electron chi connectivity index (χ2n) is 12.6. The van der Waals surface area contributed by atoms with Crippen LogP contribution in [0.2, 0.25) is 10.0 Å². The van der Waals surface area contributed by atoms with E-state index in [1.807, 2.05) is 42.5 Å². The molecule has 0 bridgehead atoms. The van der Waals surface area contributed by atoms with Gasteiger partial charge in [0.2, 0.25) is 6.29 Å². The lowest BCUT2D eigenvalue weighted by molar-refractivity contribution is -0.180. The van der Waals surface area contributed by atoms with Crippen LogP contribution in [0.5, 0.6) is 0 Å². The SMILES string of the molecule is COC(=O)C(OC)OC.COC(OC)C(=O)C1CCCCCC(Cc2cccc(Cl)c2)C1=O.O=C1CCCCCCC1Cc1cccc(Cl)c1. The van der Waals surface area contributed by atoms with Gasteiger partial charge in [0.05, 0.1) is 13.0 Å². The van der Waals surface area contributed by atoms with Crippen LogP contribution in [0.4, 0.5) is 0 Å². The third-order valence-corrected chi connectivity index (χ3v) is 9.51. The Labute approximate surface area is 307 Å². The predicted octanol–water partition coefficient (Wildman–Crippen LogP) is 8.04. The molecule has 0 radical (unpaired) electrons. The van der Waals surface area contributed by atoms with E-state index >= 15 is 0 Å². The number of ether oxygens (including phenoxy) is 5. The van der Waals surface area contributed by atoms with E-state index in [2.05, 4.69) is 20.3 Å². The predicted molar refractivity (Wildman–Crippen MR) is 194 cm³/mol. The molecular formula is C39H54Cl2O9. The first kappa shape index (κ1) is 43.5. The van der Waals surface area contributed by atoms with E-state index in [-0.39, 0.29) is 23.4 Å². The van der Waals surface area contributed by atoms with Gasteiger partial charge in [-0.25, -0.2) is 4.79 Å². The highest BCUT2D eigenvalue weighted by Gasteiger charge is 2.36. The summed E-state index contributed by atoms with van der Waals surface area (Å²) in [6, 6.07) is 15.5. The van der Waals surface area contributed by atoms with Gasteiger partial charge in [0, 0.05) is 56.7 Å². The van der Waals surface area contributed by atoms with Crippen LogP contribution in [0.25, 0.3) is 0 Å². The summed E-state index contributed by atoms with van der Waals surface area (Å²) in [7, 11) is 6.84. The third-order valence-electron chi connectivity index (χ3n) is 9.04. The Bertz CT molecular complexity index is 1330. The minimum atomic E-state index is -0.967. The summed E-state index contributed by atoms with van der Waals surface area (Å²) in [6.45, 7) is 0.